The molecular formula is C12H19N3S. The fourth-order valence-electron chi connectivity index (χ4n) is 1.42. The third kappa shape index (κ3) is 4.73. The third-order valence-electron chi connectivity index (χ3n) is 2.43. The number of nitriles is 1. The fraction of sp³-hybridized carbons (Fsp3) is 0.667. The van der Waals surface area contributed by atoms with Crippen molar-refractivity contribution in [2.75, 3.05) is 6.54 Å². The van der Waals surface area contributed by atoms with Crippen molar-refractivity contribution in [2.45, 2.75) is 40.2 Å². The van der Waals surface area contributed by atoms with Gasteiger partial charge in [0.15, 0.2) is 0 Å². The summed E-state index contributed by atoms with van der Waals surface area (Å²) < 4.78 is 0. The molecule has 0 atom stereocenters. The largest absolute Gasteiger partial charge is 0.311 e. The van der Waals surface area contributed by atoms with Gasteiger partial charge in [-0.1, -0.05) is 0 Å². The molecule has 0 saturated carbocycles. The van der Waals surface area contributed by atoms with E-state index in [0.717, 1.165) is 36.6 Å². The Balaban J connectivity index is 2.11. The van der Waals surface area contributed by atoms with Crippen LogP contribution in [0, 0.1) is 23.7 Å². The molecule has 0 aliphatic carbocycles. The van der Waals surface area contributed by atoms with E-state index in [9.17, 15) is 0 Å². The summed E-state index contributed by atoms with van der Waals surface area (Å²) in [6, 6.07) is 2.31. The molecule has 3 nitrogen and oxygen atoms in total. The lowest BCUT2D eigenvalue weighted by molar-refractivity contribution is 0.425. The number of thiazole rings is 1. The second kappa shape index (κ2) is 5.97. The van der Waals surface area contributed by atoms with Gasteiger partial charge in [0.1, 0.15) is 0 Å². The lowest BCUT2D eigenvalue weighted by Crippen LogP contribution is -2.17. The topological polar surface area (TPSA) is 48.7 Å². The molecular weight excluding hydrogens is 218 g/mol. The van der Waals surface area contributed by atoms with E-state index >= 15 is 0 Å². The van der Waals surface area contributed by atoms with Crippen LogP contribution in [-0.2, 0) is 6.54 Å². The highest BCUT2D eigenvalue weighted by molar-refractivity contribution is 7.09. The van der Waals surface area contributed by atoms with E-state index in [1.807, 2.05) is 20.8 Å². The van der Waals surface area contributed by atoms with E-state index in [4.69, 9.17) is 5.26 Å². The molecule has 1 aromatic rings. The van der Waals surface area contributed by atoms with Gasteiger partial charge >= 0.3 is 0 Å². The van der Waals surface area contributed by atoms with Crippen LogP contribution in [0.1, 0.15) is 37.4 Å². The quantitative estimate of drug-likeness (QED) is 0.774. The highest BCUT2D eigenvalue weighted by Gasteiger charge is 2.15. The Hall–Kier alpha value is -0.920. The summed E-state index contributed by atoms with van der Waals surface area (Å²) in [5.41, 5.74) is 0.917. The zero-order chi connectivity index (χ0) is 12.0. The zero-order valence-corrected chi connectivity index (χ0v) is 11.0. The van der Waals surface area contributed by atoms with Crippen molar-refractivity contribution < 1.29 is 0 Å². The minimum atomic E-state index is -0.196. The lowest BCUT2D eigenvalue weighted by Gasteiger charge is -2.14. The van der Waals surface area contributed by atoms with Crippen LogP contribution in [0.3, 0.4) is 0 Å². The summed E-state index contributed by atoms with van der Waals surface area (Å²) in [7, 11) is 0. The Kier molecular flexibility index (Phi) is 4.91. The maximum absolute atomic E-state index is 8.85. The summed E-state index contributed by atoms with van der Waals surface area (Å²) in [6.45, 7) is 7.76. The van der Waals surface area contributed by atoms with Gasteiger partial charge in [-0.25, -0.2) is 4.98 Å². The molecule has 0 amide bonds. The number of nitrogens with one attached hydrogen (secondary N) is 1. The standard InChI is InChI=1S/C12H19N3S/c1-10-15-11(8-16-10)7-14-6-4-5-12(2,3)9-13/h8,14H,4-7H2,1-3H3. The van der Waals surface area contributed by atoms with Crippen molar-refractivity contribution >= 4 is 11.3 Å². The van der Waals surface area contributed by atoms with Gasteiger partial charge in [0, 0.05) is 11.9 Å². The number of aromatic nitrogens is 1. The summed E-state index contributed by atoms with van der Waals surface area (Å²) in [5.74, 6) is 0. The molecule has 4 heteroatoms. The molecule has 0 fully saturated rings. The Morgan fingerprint density at radius 1 is 1.56 bits per heavy atom. The van der Waals surface area contributed by atoms with Gasteiger partial charge < -0.3 is 5.32 Å². The zero-order valence-electron chi connectivity index (χ0n) is 10.2. The molecule has 0 unspecified atom stereocenters. The van der Waals surface area contributed by atoms with Gasteiger partial charge in [0.25, 0.3) is 0 Å². The van der Waals surface area contributed by atoms with Crippen molar-refractivity contribution in [1.82, 2.24) is 10.3 Å². The molecule has 0 saturated heterocycles. The maximum atomic E-state index is 8.85. The van der Waals surface area contributed by atoms with E-state index in [2.05, 4.69) is 21.8 Å². The number of nitrogens with zero attached hydrogens (tertiary/aromatic N) is 2. The van der Waals surface area contributed by atoms with Crippen molar-refractivity contribution in [2.24, 2.45) is 5.41 Å². The monoisotopic (exact) mass is 237 g/mol. The summed E-state index contributed by atoms with van der Waals surface area (Å²) in [6.07, 6.45) is 1.97. The van der Waals surface area contributed by atoms with Crippen LogP contribution in [-0.4, -0.2) is 11.5 Å². The second-order valence-electron chi connectivity index (χ2n) is 4.63. The Morgan fingerprint density at radius 3 is 2.88 bits per heavy atom. The summed E-state index contributed by atoms with van der Waals surface area (Å²) >= 11 is 1.68. The molecule has 1 heterocycles. The molecule has 0 spiro atoms. The molecule has 16 heavy (non-hydrogen) atoms. The normalized spacial score (nSPS) is 11.4. The first-order valence-corrected chi connectivity index (χ1v) is 6.44. The molecule has 1 N–H and O–H groups in total. The van der Waals surface area contributed by atoms with Crippen LogP contribution >= 0.6 is 11.3 Å². The lowest BCUT2D eigenvalue weighted by atomic mass is 9.90. The first-order chi connectivity index (χ1) is 7.53. The number of hydrogen-bond acceptors (Lipinski definition) is 4. The van der Waals surface area contributed by atoms with Gasteiger partial charge in [-0.05, 0) is 40.2 Å². The van der Waals surface area contributed by atoms with E-state index in [0.29, 0.717) is 0 Å². The average Bonchev–Trinajstić information content (AvgIpc) is 2.64. The van der Waals surface area contributed by atoms with Crippen LogP contribution in [0.5, 0.6) is 0 Å². The maximum Gasteiger partial charge on any atom is 0.0897 e. The van der Waals surface area contributed by atoms with Gasteiger partial charge in [0.2, 0.25) is 0 Å². The van der Waals surface area contributed by atoms with Gasteiger partial charge in [-0.15, -0.1) is 11.3 Å². The van der Waals surface area contributed by atoms with Crippen LogP contribution < -0.4 is 5.32 Å². The highest BCUT2D eigenvalue weighted by atomic mass is 32.1. The van der Waals surface area contributed by atoms with Crippen molar-refractivity contribution in [3.63, 3.8) is 0 Å². The Morgan fingerprint density at radius 2 is 2.31 bits per heavy atom. The van der Waals surface area contributed by atoms with Crippen LogP contribution in [0.4, 0.5) is 0 Å². The van der Waals surface area contributed by atoms with Crippen molar-refractivity contribution in [1.29, 1.82) is 5.26 Å². The predicted octanol–water partition coefficient (Wildman–Crippen LogP) is 2.87. The highest BCUT2D eigenvalue weighted by Crippen LogP contribution is 2.19. The first-order valence-electron chi connectivity index (χ1n) is 5.56. The van der Waals surface area contributed by atoms with Gasteiger partial charge in [-0.3, -0.25) is 0 Å². The Labute approximate surface area is 102 Å². The van der Waals surface area contributed by atoms with Gasteiger partial charge in [0.05, 0.1) is 22.2 Å². The van der Waals surface area contributed by atoms with Crippen LogP contribution in [0.25, 0.3) is 0 Å². The molecule has 0 bridgehead atoms. The van der Waals surface area contributed by atoms with Gasteiger partial charge in [-0.2, -0.15) is 5.26 Å². The molecule has 1 rings (SSSR count). The number of aryl methyl sites for hydroxylation is 1. The van der Waals surface area contributed by atoms with Crippen LogP contribution in [0.2, 0.25) is 0 Å². The van der Waals surface area contributed by atoms with E-state index in [-0.39, 0.29) is 5.41 Å². The Bertz CT molecular complexity index is 363. The van der Waals surface area contributed by atoms with Crippen molar-refractivity contribution in [3.8, 4) is 6.07 Å². The minimum Gasteiger partial charge on any atom is -0.311 e. The molecule has 1 aromatic heterocycles. The number of hydrogen-bond donors (Lipinski definition) is 1. The molecule has 88 valence electrons. The SMILES string of the molecule is Cc1nc(CNCCCC(C)(C)C#N)cs1. The first kappa shape index (κ1) is 13.1. The van der Waals surface area contributed by atoms with Crippen molar-refractivity contribution in [3.05, 3.63) is 16.1 Å². The minimum absolute atomic E-state index is 0.196. The summed E-state index contributed by atoms with van der Waals surface area (Å²) in [4.78, 5) is 4.38. The number of rotatable bonds is 6. The molecule has 0 aliphatic rings. The van der Waals surface area contributed by atoms with E-state index in [1.165, 1.54) is 0 Å². The molecule has 0 aliphatic heterocycles. The van der Waals surface area contributed by atoms with Crippen LogP contribution in [0.15, 0.2) is 5.38 Å². The smallest absolute Gasteiger partial charge is 0.0897 e. The van der Waals surface area contributed by atoms with E-state index in [1.54, 1.807) is 11.3 Å². The molecule has 0 aromatic carbocycles. The third-order valence-corrected chi connectivity index (χ3v) is 3.25. The van der Waals surface area contributed by atoms with E-state index < -0.39 is 0 Å². The predicted molar refractivity (Wildman–Crippen MR) is 67.2 cm³/mol. The average molecular weight is 237 g/mol. The summed E-state index contributed by atoms with van der Waals surface area (Å²) in [5, 5.41) is 15.4. The molecule has 0 radical (unpaired) electrons. The second-order valence-corrected chi connectivity index (χ2v) is 5.70. The fourth-order valence-corrected chi connectivity index (χ4v) is 2.03.